The van der Waals surface area contributed by atoms with E-state index in [9.17, 15) is 27.2 Å². The summed E-state index contributed by atoms with van der Waals surface area (Å²) in [4.78, 5) is 27.3. The highest BCUT2D eigenvalue weighted by atomic mass is 35.5. The van der Waals surface area contributed by atoms with Crippen molar-refractivity contribution < 1.29 is 27.2 Å². The van der Waals surface area contributed by atoms with Crippen molar-refractivity contribution in [3.8, 4) is 0 Å². The molecule has 0 saturated carbocycles. The third kappa shape index (κ3) is 5.92. The van der Waals surface area contributed by atoms with Gasteiger partial charge in [-0.25, -0.2) is 4.39 Å². The van der Waals surface area contributed by atoms with Crippen LogP contribution in [0.25, 0.3) is 0 Å². The molecule has 2 aromatic carbocycles. The second-order valence-corrected chi connectivity index (χ2v) is 9.66. The highest BCUT2D eigenvalue weighted by molar-refractivity contribution is 6.31. The monoisotopic (exact) mass is 526 g/mol. The Balaban J connectivity index is 1.34. The number of rotatable bonds is 6. The maximum Gasteiger partial charge on any atom is 0.416 e. The minimum atomic E-state index is -4.56. The SMILES string of the molecule is O=C(CNC(=O)c1cccc(C(F)(F)F)c1)N[C@@]1(C2CCN(c3ccc(F)c(Cl)c3)CC2)CCNC1. The van der Waals surface area contributed by atoms with Gasteiger partial charge in [0.15, 0.2) is 0 Å². The van der Waals surface area contributed by atoms with Gasteiger partial charge in [0.2, 0.25) is 5.91 Å². The quantitative estimate of drug-likeness (QED) is 0.498. The molecular formula is C25H27ClF4N4O2. The first-order chi connectivity index (χ1) is 17.1. The molecule has 0 aromatic heterocycles. The van der Waals surface area contributed by atoms with Crippen LogP contribution in [0.2, 0.25) is 5.02 Å². The van der Waals surface area contributed by atoms with Gasteiger partial charge in [0.1, 0.15) is 5.82 Å². The average Bonchev–Trinajstić information content (AvgIpc) is 3.33. The number of piperidine rings is 1. The molecular weight excluding hydrogens is 500 g/mol. The second kappa shape index (κ2) is 10.6. The summed E-state index contributed by atoms with van der Waals surface area (Å²) in [6.07, 6.45) is -2.23. The van der Waals surface area contributed by atoms with Crippen LogP contribution in [-0.2, 0) is 11.0 Å². The van der Waals surface area contributed by atoms with Gasteiger partial charge in [-0.15, -0.1) is 0 Å². The van der Waals surface area contributed by atoms with E-state index in [2.05, 4.69) is 20.9 Å². The number of hydrogen-bond acceptors (Lipinski definition) is 4. The summed E-state index contributed by atoms with van der Waals surface area (Å²) in [7, 11) is 0. The van der Waals surface area contributed by atoms with E-state index in [0.717, 1.165) is 62.8 Å². The number of hydrogen-bond donors (Lipinski definition) is 3. The number of benzene rings is 2. The number of nitrogens with zero attached hydrogens (tertiary/aromatic N) is 1. The van der Waals surface area contributed by atoms with E-state index in [-0.39, 0.29) is 23.0 Å². The van der Waals surface area contributed by atoms with Crippen LogP contribution in [0.4, 0.5) is 23.2 Å². The van der Waals surface area contributed by atoms with E-state index < -0.39 is 34.9 Å². The Kier molecular flexibility index (Phi) is 7.75. The van der Waals surface area contributed by atoms with Gasteiger partial charge in [0.25, 0.3) is 5.91 Å². The molecule has 2 saturated heterocycles. The summed E-state index contributed by atoms with van der Waals surface area (Å²) in [6, 6.07) is 8.73. The van der Waals surface area contributed by atoms with Gasteiger partial charge < -0.3 is 20.9 Å². The van der Waals surface area contributed by atoms with Crippen molar-refractivity contribution in [2.45, 2.75) is 31.0 Å². The van der Waals surface area contributed by atoms with Crippen LogP contribution in [-0.4, -0.2) is 50.1 Å². The van der Waals surface area contributed by atoms with Crippen molar-refractivity contribution in [3.05, 3.63) is 64.4 Å². The number of alkyl halides is 3. The Labute approximate surface area is 211 Å². The topological polar surface area (TPSA) is 73.5 Å². The number of carbonyl (C=O) groups excluding carboxylic acids is 2. The van der Waals surface area contributed by atoms with Crippen LogP contribution in [0, 0.1) is 11.7 Å². The Bertz CT molecular complexity index is 1110. The molecule has 2 aliphatic rings. The van der Waals surface area contributed by atoms with Crippen molar-refractivity contribution in [1.82, 2.24) is 16.0 Å². The second-order valence-electron chi connectivity index (χ2n) is 9.25. The third-order valence-electron chi connectivity index (χ3n) is 6.98. The van der Waals surface area contributed by atoms with Gasteiger partial charge in [0, 0.05) is 30.9 Å². The summed E-state index contributed by atoms with van der Waals surface area (Å²) in [5.74, 6) is -1.43. The normalized spacial score (nSPS) is 20.9. The van der Waals surface area contributed by atoms with Crippen LogP contribution in [0.3, 0.4) is 0 Å². The first kappa shape index (κ1) is 26.2. The molecule has 194 valence electrons. The van der Waals surface area contributed by atoms with Crippen LogP contribution in [0.15, 0.2) is 42.5 Å². The molecule has 2 amide bonds. The number of anilines is 1. The van der Waals surface area contributed by atoms with Crippen LogP contribution >= 0.6 is 11.6 Å². The molecule has 0 spiro atoms. The van der Waals surface area contributed by atoms with Gasteiger partial charge in [-0.1, -0.05) is 17.7 Å². The van der Waals surface area contributed by atoms with Crippen LogP contribution < -0.4 is 20.9 Å². The van der Waals surface area contributed by atoms with E-state index in [4.69, 9.17) is 11.6 Å². The lowest BCUT2D eigenvalue weighted by molar-refractivity contribution is -0.137. The van der Waals surface area contributed by atoms with E-state index in [0.29, 0.717) is 6.54 Å². The fraction of sp³-hybridized carbons (Fsp3) is 0.440. The minimum absolute atomic E-state index is 0.0746. The maximum atomic E-state index is 13.5. The lowest BCUT2D eigenvalue weighted by Crippen LogP contribution is -2.59. The van der Waals surface area contributed by atoms with Gasteiger partial charge in [-0.05, 0) is 68.1 Å². The Morgan fingerprint density at radius 1 is 1.14 bits per heavy atom. The lowest BCUT2D eigenvalue weighted by Gasteiger charge is -2.43. The smallest absolute Gasteiger partial charge is 0.371 e. The fourth-order valence-corrected chi connectivity index (χ4v) is 5.24. The molecule has 3 N–H and O–H groups in total. The van der Waals surface area contributed by atoms with Crippen molar-refractivity contribution >= 4 is 29.1 Å². The molecule has 2 heterocycles. The molecule has 0 radical (unpaired) electrons. The summed E-state index contributed by atoms with van der Waals surface area (Å²) in [5.41, 5.74) is -0.724. The molecule has 0 unspecified atom stereocenters. The van der Waals surface area contributed by atoms with E-state index in [1.165, 1.54) is 12.1 Å². The molecule has 2 aromatic rings. The minimum Gasteiger partial charge on any atom is -0.371 e. The molecule has 1 atom stereocenters. The molecule has 2 fully saturated rings. The summed E-state index contributed by atoms with van der Waals surface area (Å²) < 4.78 is 52.3. The van der Waals surface area contributed by atoms with Crippen molar-refractivity contribution in [3.63, 3.8) is 0 Å². The zero-order valence-electron chi connectivity index (χ0n) is 19.4. The zero-order valence-corrected chi connectivity index (χ0v) is 20.2. The largest absolute Gasteiger partial charge is 0.416 e. The number of amides is 2. The fourth-order valence-electron chi connectivity index (χ4n) is 5.06. The zero-order chi connectivity index (χ0) is 25.9. The first-order valence-electron chi connectivity index (χ1n) is 11.7. The standard InChI is InChI=1S/C25H27ClF4N4O2/c26-20-13-19(4-5-21(20)27)34-10-6-17(7-11-34)24(8-9-31-15-24)33-22(35)14-32-23(36)16-2-1-3-18(12-16)25(28,29)30/h1-5,12-13,17,31H,6-11,14-15H2,(H,32,36)(H,33,35)/t24-/m0/s1. The summed E-state index contributed by atoms with van der Waals surface area (Å²) >= 11 is 5.93. The van der Waals surface area contributed by atoms with Crippen LogP contribution in [0.5, 0.6) is 0 Å². The van der Waals surface area contributed by atoms with Crippen molar-refractivity contribution in [2.75, 3.05) is 37.6 Å². The molecule has 11 heteroatoms. The number of nitrogens with one attached hydrogen (secondary N) is 3. The van der Waals surface area contributed by atoms with Gasteiger partial charge in [-0.3, -0.25) is 9.59 Å². The lowest BCUT2D eigenvalue weighted by atomic mass is 9.76. The van der Waals surface area contributed by atoms with Crippen molar-refractivity contribution in [1.29, 1.82) is 0 Å². The van der Waals surface area contributed by atoms with E-state index in [1.807, 2.05) is 0 Å². The van der Waals surface area contributed by atoms with E-state index in [1.54, 1.807) is 12.1 Å². The molecule has 36 heavy (non-hydrogen) atoms. The Morgan fingerprint density at radius 2 is 1.89 bits per heavy atom. The summed E-state index contributed by atoms with van der Waals surface area (Å²) in [5, 5.41) is 8.89. The molecule has 2 aliphatic heterocycles. The number of carbonyl (C=O) groups is 2. The van der Waals surface area contributed by atoms with Crippen LogP contribution in [0.1, 0.15) is 35.2 Å². The average molecular weight is 527 g/mol. The highest BCUT2D eigenvalue weighted by Crippen LogP contribution is 2.35. The molecule has 0 bridgehead atoms. The highest BCUT2D eigenvalue weighted by Gasteiger charge is 2.43. The Morgan fingerprint density at radius 3 is 2.53 bits per heavy atom. The predicted octanol–water partition coefficient (Wildman–Crippen LogP) is 3.99. The van der Waals surface area contributed by atoms with Gasteiger partial charge in [0.05, 0.1) is 22.7 Å². The third-order valence-corrected chi connectivity index (χ3v) is 7.27. The molecule has 6 nitrogen and oxygen atoms in total. The van der Waals surface area contributed by atoms with Crippen molar-refractivity contribution in [2.24, 2.45) is 5.92 Å². The summed E-state index contributed by atoms with van der Waals surface area (Å²) in [6.45, 7) is 2.43. The molecule has 0 aliphatic carbocycles. The van der Waals surface area contributed by atoms with Gasteiger partial charge >= 0.3 is 6.18 Å². The van der Waals surface area contributed by atoms with Gasteiger partial charge in [-0.2, -0.15) is 13.2 Å². The Hall–Kier alpha value is -2.85. The number of halogens is 5. The predicted molar refractivity (Wildman–Crippen MR) is 128 cm³/mol. The first-order valence-corrected chi connectivity index (χ1v) is 12.1. The molecule has 4 rings (SSSR count). The van der Waals surface area contributed by atoms with E-state index >= 15 is 0 Å². The maximum absolute atomic E-state index is 13.5.